The second kappa shape index (κ2) is 3.49. The summed E-state index contributed by atoms with van der Waals surface area (Å²) in [6.07, 6.45) is 0. The van der Waals surface area contributed by atoms with Crippen molar-refractivity contribution in [3.63, 3.8) is 0 Å². The first kappa shape index (κ1) is 9.60. The van der Waals surface area contributed by atoms with E-state index in [1.54, 1.807) is 12.1 Å². The molecule has 0 saturated heterocycles. The Morgan fingerprint density at radius 2 is 1.83 bits per heavy atom. The van der Waals surface area contributed by atoms with E-state index in [0.29, 0.717) is 5.56 Å². The summed E-state index contributed by atoms with van der Waals surface area (Å²) in [7, 11) is -3.28. The molecule has 1 atom stereocenters. The van der Waals surface area contributed by atoms with Crippen LogP contribution in [0.3, 0.4) is 0 Å². The number of rotatable bonds is 2. The molecule has 1 aromatic rings. The van der Waals surface area contributed by atoms with Gasteiger partial charge in [0.2, 0.25) is 0 Å². The molecule has 66 valence electrons. The van der Waals surface area contributed by atoms with E-state index in [4.69, 9.17) is 9.66 Å². The van der Waals surface area contributed by atoms with Gasteiger partial charge in [0.25, 0.3) is 0 Å². The van der Waals surface area contributed by atoms with E-state index in [1.165, 1.54) is 12.1 Å². The van der Waals surface area contributed by atoms with Crippen molar-refractivity contribution in [2.75, 3.05) is 0 Å². The van der Waals surface area contributed by atoms with Gasteiger partial charge < -0.3 is 9.66 Å². The molecule has 0 amide bonds. The van der Waals surface area contributed by atoms with Crippen LogP contribution >= 0.6 is 0 Å². The minimum Gasteiger partial charge on any atom is -0.392 e. The van der Waals surface area contributed by atoms with E-state index in [2.05, 4.69) is 11.2 Å². The van der Waals surface area contributed by atoms with Crippen molar-refractivity contribution in [2.45, 2.75) is 11.5 Å². The maximum absolute atomic E-state index is 10.9. The Morgan fingerprint density at radius 3 is 2.17 bits per heavy atom. The molecular formula is C7H8O3S2. The van der Waals surface area contributed by atoms with Gasteiger partial charge in [-0.3, -0.25) is 0 Å². The normalized spacial score (nSPS) is 15.5. The summed E-state index contributed by atoms with van der Waals surface area (Å²) in [5.74, 6) is 0. The maximum atomic E-state index is 10.9. The van der Waals surface area contributed by atoms with Gasteiger partial charge in [-0.25, -0.2) is 4.21 Å². The maximum Gasteiger partial charge on any atom is 0.171 e. The molecule has 2 N–H and O–H groups in total. The monoisotopic (exact) mass is 204 g/mol. The van der Waals surface area contributed by atoms with E-state index in [1.807, 2.05) is 0 Å². The molecule has 1 rings (SSSR count). The molecule has 0 saturated carbocycles. The first-order chi connectivity index (χ1) is 5.54. The van der Waals surface area contributed by atoms with E-state index < -0.39 is 8.77 Å². The number of benzene rings is 1. The van der Waals surface area contributed by atoms with Crippen LogP contribution < -0.4 is 0 Å². The lowest BCUT2D eigenvalue weighted by atomic mass is 10.2. The molecule has 1 aromatic carbocycles. The highest BCUT2D eigenvalue weighted by atomic mass is 32.8. The van der Waals surface area contributed by atoms with Crippen LogP contribution in [0.2, 0.25) is 0 Å². The highest BCUT2D eigenvalue weighted by Gasteiger charge is 2.03. The Morgan fingerprint density at radius 1 is 1.33 bits per heavy atom. The molecule has 0 radical (unpaired) electrons. The van der Waals surface area contributed by atoms with Crippen molar-refractivity contribution in [1.29, 1.82) is 0 Å². The fourth-order valence-corrected chi connectivity index (χ4v) is 1.58. The Bertz CT molecular complexity index is 353. The van der Waals surface area contributed by atoms with Crippen LogP contribution in [0, 0.1) is 0 Å². The third-order valence-electron chi connectivity index (χ3n) is 1.40. The zero-order chi connectivity index (χ0) is 9.19. The van der Waals surface area contributed by atoms with Gasteiger partial charge in [-0.15, -0.1) is 0 Å². The molecule has 0 spiro atoms. The molecule has 0 aliphatic carbocycles. The van der Waals surface area contributed by atoms with E-state index in [-0.39, 0.29) is 11.5 Å². The van der Waals surface area contributed by atoms with E-state index in [9.17, 15) is 4.21 Å². The van der Waals surface area contributed by atoms with Crippen molar-refractivity contribution in [3.05, 3.63) is 29.8 Å². The highest BCUT2D eigenvalue weighted by Crippen LogP contribution is 2.09. The van der Waals surface area contributed by atoms with Crippen molar-refractivity contribution in [2.24, 2.45) is 0 Å². The van der Waals surface area contributed by atoms with Crippen molar-refractivity contribution < 1.29 is 13.9 Å². The average molecular weight is 204 g/mol. The summed E-state index contributed by atoms with van der Waals surface area (Å²) in [6, 6.07) is 6.02. The Balaban J connectivity index is 3.09. The molecule has 0 aliphatic rings. The molecule has 12 heavy (non-hydrogen) atoms. The lowest BCUT2D eigenvalue weighted by molar-refractivity contribution is 0.282. The van der Waals surface area contributed by atoms with Crippen molar-refractivity contribution >= 4 is 20.0 Å². The van der Waals surface area contributed by atoms with Crippen LogP contribution in [0.25, 0.3) is 0 Å². The Hall–Kier alpha value is -0.490. The standard InChI is InChI=1S/C7H8O3S2/c8-5-6-1-3-7(4-2-6)12(9,10)11/h1-4,8H,5H2,(H,9,10,11). The molecule has 0 heterocycles. The third kappa shape index (κ3) is 2.25. The van der Waals surface area contributed by atoms with Gasteiger partial charge in [-0.1, -0.05) is 12.1 Å². The highest BCUT2D eigenvalue weighted by molar-refractivity contribution is 8.29. The number of hydrogen-bond donors (Lipinski definition) is 2. The van der Waals surface area contributed by atoms with Crippen LogP contribution in [0.1, 0.15) is 5.56 Å². The zero-order valence-corrected chi connectivity index (χ0v) is 7.77. The summed E-state index contributed by atoms with van der Waals surface area (Å²) in [6.45, 7) is -0.0790. The van der Waals surface area contributed by atoms with Gasteiger partial charge in [-0.2, -0.15) is 0 Å². The second-order valence-corrected chi connectivity index (χ2v) is 5.05. The van der Waals surface area contributed by atoms with Crippen LogP contribution in [0.5, 0.6) is 0 Å². The van der Waals surface area contributed by atoms with Gasteiger partial charge in [-0.05, 0) is 17.7 Å². The summed E-state index contributed by atoms with van der Waals surface area (Å²) >= 11 is 4.35. The van der Waals surface area contributed by atoms with E-state index in [0.717, 1.165) is 0 Å². The van der Waals surface area contributed by atoms with E-state index >= 15 is 0 Å². The molecule has 1 unspecified atom stereocenters. The first-order valence-electron chi connectivity index (χ1n) is 3.21. The van der Waals surface area contributed by atoms with Crippen LogP contribution in [0.4, 0.5) is 0 Å². The fourth-order valence-electron chi connectivity index (χ4n) is 0.767. The SMILES string of the molecule is O=S(O)(=S)c1ccc(CO)cc1. The molecule has 3 nitrogen and oxygen atoms in total. The van der Waals surface area contributed by atoms with Gasteiger partial charge in [0, 0.05) is 11.2 Å². The van der Waals surface area contributed by atoms with Crippen molar-refractivity contribution in [1.82, 2.24) is 0 Å². The second-order valence-electron chi connectivity index (χ2n) is 2.28. The van der Waals surface area contributed by atoms with Crippen LogP contribution in [-0.2, 0) is 26.6 Å². The smallest absolute Gasteiger partial charge is 0.171 e. The Labute approximate surface area is 75.5 Å². The van der Waals surface area contributed by atoms with Gasteiger partial charge in [0.15, 0.2) is 8.77 Å². The van der Waals surface area contributed by atoms with Gasteiger partial charge >= 0.3 is 0 Å². The number of aliphatic hydroxyl groups excluding tert-OH is 1. The number of hydrogen-bond acceptors (Lipinski definition) is 3. The summed E-state index contributed by atoms with van der Waals surface area (Å²) in [5.41, 5.74) is 0.692. The molecular weight excluding hydrogens is 196 g/mol. The summed E-state index contributed by atoms with van der Waals surface area (Å²) < 4.78 is 19.8. The van der Waals surface area contributed by atoms with Crippen LogP contribution in [-0.4, -0.2) is 13.9 Å². The molecule has 0 bridgehead atoms. The van der Waals surface area contributed by atoms with Gasteiger partial charge in [0.05, 0.1) is 11.5 Å². The quantitative estimate of drug-likeness (QED) is 0.746. The predicted octanol–water partition coefficient (Wildman–Crippen LogP) is 0.757. The molecule has 0 aliphatic heterocycles. The minimum absolute atomic E-state index is 0.0790. The first-order valence-corrected chi connectivity index (χ1v) is 5.65. The number of aliphatic hydroxyl groups is 1. The summed E-state index contributed by atoms with van der Waals surface area (Å²) in [5, 5.41) is 8.67. The predicted molar refractivity (Wildman–Crippen MR) is 48.8 cm³/mol. The van der Waals surface area contributed by atoms with Crippen molar-refractivity contribution in [3.8, 4) is 0 Å². The van der Waals surface area contributed by atoms with Gasteiger partial charge in [0.1, 0.15) is 0 Å². The molecule has 0 aromatic heterocycles. The molecule has 0 fully saturated rings. The topological polar surface area (TPSA) is 57.5 Å². The lowest BCUT2D eigenvalue weighted by Gasteiger charge is -1.99. The summed E-state index contributed by atoms with van der Waals surface area (Å²) in [4.78, 5) is 0.203. The minimum atomic E-state index is -3.28. The van der Waals surface area contributed by atoms with Crippen LogP contribution in [0.15, 0.2) is 29.2 Å². The average Bonchev–Trinajstić information content (AvgIpc) is 2.03. The largest absolute Gasteiger partial charge is 0.392 e. The zero-order valence-electron chi connectivity index (χ0n) is 6.14. The third-order valence-corrected chi connectivity index (χ3v) is 2.85. The molecule has 5 heteroatoms. The Kier molecular flexibility index (Phi) is 2.79. The fraction of sp³-hybridized carbons (Fsp3) is 0.143. The lowest BCUT2D eigenvalue weighted by Crippen LogP contribution is -1.96.